The summed E-state index contributed by atoms with van der Waals surface area (Å²) < 4.78 is 15.1. The van der Waals surface area contributed by atoms with E-state index in [0.29, 0.717) is 21.2 Å². The first-order valence-electron chi connectivity index (χ1n) is 7.86. The van der Waals surface area contributed by atoms with E-state index in [1.54, 1.807) is 35.7 Å². The number of fused-ring (bicyclic) bond motifs is 1. The zero-order chi connectivity index (χ0) is 19.0. The maximum absolute atomic E-state index is 13.8. The van der Waals surface area contributed by atoms with Gasteiger partial charge in [-0.1, -0.05) is 41.9 Å². The number of para-hydroxylation sites is 1. The van der Waals surface area contributed by atoms with Crippen LogP contribution in [0.15, 0.2) is 64.9 Å². The van der Waals surface area contributed by atoms with Crippen LogP contribution < -0.4 is 10.9 Å². The molecular formula is C19H11ClFN3O2S. The van der Waals surface area contributed by atoms with Crippen molar-refractivity contribution < 1.29 is 9.18 Å². The van der Waals surface area contributed by atoms with E-state index in [2.05, 4.69) is 10.3 Å². The molecule has 0 bridgehead atoms. The van der Waals surface area contributed by atoms with Gasteiger partial charge in [-0.25, -0.2) is 9.37 Å². The van der Waals surface area contributed by atoms with E-state index < -0.39 is 17.3 Å². The third-order valence-electron chi connectivity index (χ3n) is 3.96. The molecule has 0 aliphatic carbocycles. The molecule has 0 fully saturated rings. The summed E-state index contributed by atoms with van der Waals surface area (Å²) in [5.41, 5.74) is 0.440. The highest BCUT2D eigenvalue weighted by Crippen LogP contribution is 2.30. The summed E-state index contributed by atoms with van der Waals surface area (Å²) in [4.78, 5) is 30.1. The van der Waals surface area contributed by atoms with Crippen LogP contribution in [-0.4, -0.2) is 15.3 Å². The molecule has 2 heterocycles. The van der Waals surface area contributed by atoms with E-state index in [9.17, 15) is 14.0 Å². The Kier molecular flexibility index (Phi) is 4.47. The van der Waals surface area contributed by atoms with Crippen molar-refractivity contribution in [2.45, 2.75) is 0 Å². The van der Waals surface area contributed by atoms with Crippen LogP contribution in [0.25, 0.3) is 16.2 Å². The molecule has 0 saturated carbocycles. The smallest absolute Gasteiger partial charge is 0.271 e. The third kappa shape index (κ3) is 3.11. The lowest BCUT2D eigenvalue weighted by molar-refractivity contribution is 0.102. The molecule has 0 radical (unpaired) electrons. The number of benzene rings is 2. The van der Waals surface area contributed by atoms with Crippen LogP contribution in [0.2, 0.25) is 5.02 Å². The van der Waals surface area contributed by atoms with E-state index >= 15 is 0 Å². The fraction of sp³-hybridized carbons (Fsp3) is 0. The van der Waals surface area contributed by atoms with Gasteiger partial charge in [0.1, 0.15) is 11.4 Å². The lowest BCUT2D eigenvalue weighted by Crippen LogP contribution is -2.26. The number of hydrogen-bond acceptors (Lipinski definition) is 4. The predicted octanol–water partition coefficient (Wildman–Crippen LogP) is 4.47. The summed E-state index contributed by atoms with van der Waals surface area (Å²) in [5, 5.41) is 4.64. The van der Waals surface area contributed by atoms with E-state index in [-0.39, 0.29) is 11.3 Å². The van der Waals surface area contributed by atoms with Gasteiger partial charge in [0.2, 0.25) is 0 Å². The second-order valence-electron chi connectivity index (χ2n) is 5.63. The molecule has 4 rings (SSSR count). The standard InChI is InChI=1S/C19H11ClFN3O2S/c20-13-6-2-1-5-11(13)16-10-27-19-22-9-12(18(26)24(16)19)17(25)23-15-8-4-3-7-14(15)21/h1-10H,(H,23,25). The van der Waals surface area contributed by atoms with Crippen LogP contribution in [-0.2, 0) is 0 Å². The Morgan fingerprint density at radius 1 is 1.15 bits per heavy atom. The molecule has 1 N–H and O–H groups in total. The maximum Gasteiger partial charge on any atom is 0.271 e. The second kappa shape index (κ2) is 6.94. The fourth-order valence-electron chi connectivity index (χ4n) is 2.66. The first-order valence-corrected chi connectivity index (χ1v) is 9.12. The van der Waals surface area contributed by atoms with Crippen molar-refractivity contribution in [3.8, 4) is 11.3 Å². The molecule has 0 spiro atoms. The highest BCUT2D eigenvalue weighted by Gasteiger charge is 2.18. The lowest BCUT2D eigenvalue weighted by atomic mass is 10.2. The molecule has 134 valence electrons. The highest BCUT2D eigenvalue weighted by atomic mass is 35.5. The number of thiazole rings is 1. The van der Waals surface area contributed by atoms with E-state index in [0.717, 1.165) is 0 Å². The molecule has 0 aliphatic rings. The first-order chi connectivity index (χ1) is 13.1. The summed E-state index contributed by atoms with van der Waals surface area (Å²) in [7, 11) is 0. The van der Waals surface area contributed by atoms with Crippen LogP contribution in [0.5, 0.6) is 0 Å². The number of anilines is 1. The van der Waals surface area contributed by atoms with Gasteiger partial charge in [0.05, 0.1) is 11.4 Å². The number of carbonyl (C=O) groups excluding carboxylic acids is 1. The summed E-state index contributed by atoms with van der Waals surface area (Å²) in [5.74, 6) is -1.32. The number of nitrogens with one attached hydrogen (secondary N) is 1. The van der Waals surface area contributed by atoms with Crippen molar-refractivity contribution in [1.29, 1.82) is 0 Å². The molecule has 0 atom stereocenters. The molecule has 0 aliphatic heterocycles. The van der Waals surface area contributed by atoms with Crippen molar-refractivity contribution in [3.63, 3.8) is 0 Å². The summed E-state index contributed by atoms with van der Waals surface area (Å²) in [6, 6.07) is 12.8. The number of halogens is 2. The third-order valence-corrected chi connectivity index (χ3v) is 5.13. The SMILES string of the molecule is O=C(Nc1ccccc1F)c1cnc2scc(-c3ccccc3Cl)n2c1=O. The molecule has 1 amide bonds. The number of nitrogens with zero attached hydrogens (tertiary/aromatic N) is 2. The minimum Gasteiger partial charge on any atom is -0.319 e. The van der Waals surface area contributed by atoms with E-state index in [4.69, 9.17) is 11.6 Å². The van der Waals surface area contributed by atoms with Gasteiger partial charge in [-0.05, 0) is 18.2 Å². The molecule has 0 saturated heterocycles. The molecule has 2 aromatic carbocycles. The van der Waals surface area contributed by atoms with Crippen molar-refractivity contribution >= 4 is 39.5 Å². The zero-order valence-electron chi connectivity index (χ0n) is 13.6. The topological polar surface area (TPSA) is 63.5 Å². The van der Waals surface area contributed by atoms with Crippen LogP contribution in [0.1, 0.15) is 10.4 Å². The van der Waals surface area contributed by atoms with Gasteiger partial charge >= 0.3 is 0 Å². The van der Waals surface area contributed by atoms with Crippen molar-refractivity contribution in [1.82, 2.24) is 9.38 Å². The minimum atomic E-state index is -0.733. The average molecular weight is 400 g/mol. The number of aromatic nitrogens is 2. The van der Waals surface area contributed by atoms with Gasteiger partial charge in [0.25, 0.3) is 11.5 Å². The second-order valence-corrected chi connectivity index (χ2v) is 6.87. The predicted molar refractivity (Wildman–Crippen MR) is 104 cm³/mol. The van der Waals surface area contributed by atoms with Crippen LogP contribution >= 0.6 is 22.9 Å². The zero-order valence-corrected chi connectivity index (χ0v) is 15.2. The van der Waals surface area contributed by atoms with Crippen LogP contribution in [0, 0.1) is 5.82 Å². The minimum absolute atomic E-state index is 0.0105. The Hall–Kier alpha value is -3.03. The number of amides is 1. The van der Waals surface area contributed by atoms with Crippen molar-refractivity contribution in [2.75, 3.05) is 5.32 Å². The quantitative estimate of drug-likeness (QED) is 0.553. The van der Waals surface area contributed by atoms with Crippen LogP contribution in [0.3, 0.4) is 0 Å². The molecule has 2 aromatic heterocycles. The normalized spacial score (nSPS) is 10.9. The maximum atomic E-state index is 13.8. The Labute approximate surface area is 161 Å². The number of rotatable bonds is 3. The first kappa shape index (κ1) is 17.4. The van der Waals surface area contributed by atoms with Gasteiger partial charge in [0.15, 0.2) is 4.96 Å². The Morgan fingerprint density at radius 3 is 2.67 bits per heavy atom. The Bertz CT molecular complexity index is 1240. The van der Waals surface area contributed by atoms with Crippen LogP contribution in [0.4, 0.5) is 10.1 Å². The Balaban J connectivity index is 1.82. The summed E-state index contributed by atoms with van der Waals surface area (Å²) in [6.45, 7) is 0. The fourth-order valence-corrected chi connectivity index (χ4v) is 3.74. The van der Waals surface area contributed by atoms with Gasteiger partial charge in [-0.2, -0.15) is 0 Å². The molecule has 0 unspecified atom stereocenters. The lowest BCUT2D eigenvalue weighted by Gasteiger charge is -2.07. The Morgan fingerprint density at radius 2 is 1.89 bits per heavy atom. The van der Waals surface area contributed by atoms with Gasteiger partial charge in [0, 0.05) is 22.2 Å². The summed E-state index contributed by atoms with van der Waals surface area (Å²) >= 11 is 7.50. The number of hydrogen-bond donors (Lipinski definition) is 1. The average Bonchev–Trinajstić information content (AvgIpc) is 3.09. The van der Waals surface area contributed by atoms with Gasteiger partial charge in [-0.3, -0.25) is 14.0 Å². The molecular weight excluding hydrogens is 389 g/mol. The molecule has 4 aromatic rings. The van der Waals surface area contributed by atoms with Gasteiger partial charge in [-0.15, -0.1) is 11.3 Å². The molecule has 27 heavy (non-hydrogen) atoms. The largest absolute Gasteiger partial charge is 0.319 e. The highest BCUT2D eigenvalue weighted by molar-refractivity contribution is 7.15. The molecule has 5 nitrogen and oxygen atoms in total. The number of carbonyl (C=O) groups is 1. The monoisotopic (exact) mass is 399 g/mol. The van der Waals surface area contributed by atoms with Gasteiger partial charge < -0.3 is 5.32 Å². The molecule has 8 heteroatoms. The van der Waals surface area contributed by atoms with Crippen molar-refractivity contribution in [3.05, 3.63) is 86.9 Å². The van der Waals surface area contributed by atoms with E-state index in [1.165, 1.54) is 40.1 Å². The van der Waals surface area contributed by atoms with Crippen molar-refractivity contribution in [2.24, 2.45) is 0 Å². The summed E-state index contributed by atoms with van der Waals surface area (Å²) in [6.07, 6.45) is 1.20. The van der Waals surface area contributed by atoms with E-state index in [1.807, 2.05) is 0 Å².